The van der Waals surface area contributed by atoms with Crippen LogP contribution in [0.4, 0.5) is 5.82 Å². The number of fused-ring (bicyclic) bond motifs is 1. The van der Waals surface area contributed by atoms with Gasteiger partial charge in [-0.3, -0.25) is 18.8 Å². The number of amides is 1. The Bertz CT molecular complexity index is 1140. The average Bonchev–Trinajstić information content (AvgIpc) is 3.15. The smallest absolute Gasteiger partial charge is 0.325 e. The highest BCUT2D eigenvalue weighted by atomic mass is 16.5. The fourth-order valence-electron chi connectivity index (χ4n) is 2.95. The Morgan fingerprint density at radius 1 is 1.19 bits per heavy atom. The molecule has 0 spiro atoms. The van der Waals surface area contributed by atoms with Crippen LogP contribution in [0.2, 0.25) is 0 Å². The zero-order valence-electron chi connectivity index (χ0n) is 17.2. The molecular weight excluding hydrogens is 404 g/mol. The van der Waals surface area contributed by atoms with E-state index in [2.05, 4.69) is 15.6 Å². The van der Waals surface area contributed by atoms with Crippen molar-refractivity contribution < 1.29 is 29.0 Å². The lowest BCUT2D eigenvalue weighted by Gasteiger charge is -2.11. The van der Waals surface area contributed by atoms with Crippen LogP contribution in [0.25, 0.3) is 16.9 Å². The lowest BCUT2D eigenvalue weighted by molar-refractivity contribution is -0.139. The van der Waals surface area contributed by atoms with Gasteiger partial charge in [0.05, 0.1) is 19.8 Å². The molecule has 0 bridgehead atoms. The minimum atomic E-state index is -1.15. The number of esters is 1. The number of anilines is 1. The number of benzene rings is 1. The van der Waals surface area contributed by atoms with E-state index >= 15 is 0 Å². The van der Waals surface area contributed by atoms with Crippen molar-refractivity contribution in [2.75, 3.05) is 26.1 Å². The molecule has 1 aromatic carbocycles. The van der Waals surface area contributed by atoms with Gasteiger partial charge < -0.3 is 25.2 Å². The van der Waals surface area contributed by atoms with Crippen LogP contribution in [0.5, 0.6) is 5.75 Å². The molecule has 10 heteroatoms. The number of rotatable bonds is 8. The molecule has 3 aromatic rings. The molecule has 1 atom stereocenters. The number of carbonyl (C=O) groups excluding carboxylic acids is 2. The number of nitrogens with zero attached hydrogens (tertiary/aromatic N) is 2. The predicted molar refractivity (Wildman–Crippen MR) is 112 cm³/mol. The summed E-state index contributed by atoms with van der Waals surface area (Å²) in [7, 11) is 2.83. The summed E-state index contributed by atoms with van der Waals surface area (Å²) in [6.07, 6.45) is 1.68. The van der Waals surface area contributed by atoms with Crippen molar-refractivity contribution in [3.8, 4) is 17.0 Å². The molecule has 31 heavy (non-hydrogen) atoms. The first-order chi connectivity index (χ1) is 14.8. The molecule has 0 saturated carbocycles. The number of aliphatic carboxylic acids is 1. The molecule has 3 rings (SSSR count). The van der Waals surface area contributed by atoms with E-state index < -0.39 is 23.9 Å². The van der Waals surface area contributed by atoms with Gasteiger partial charge in [-0.1, -0.05) is 12.1 Å². The fraction of sp³-hybridized carbons (Fsp3) is 0.238. The van der Waals surface area contributed by atoms with Gasteiger partial charge in [0.15, 0.2) is 5.65 Å². The van der Waals surface area contributed by atoms with Crippen molar-refractivity contribution >= 4 is 29.3 Å². The van der Waals surface area contributed by atoms with E-state index in [0.717, 1.165) is 0 Å². The Balaban J connectivity index is 2.13. The first kappa shape index (κ1) is 21.6. The molecule has 0 saturated heterocycles. The van der Waals surface area contributed by atoms with Crippen LogP contribution in [0, 0.1) is 0 Å². The van der Waals surface area contributed by atoms with Crippen molar-refractivity contribution in [1.29, 1.82) is 0 Å². The Labute approximate surface area is 177 Å². The minimum absolute atomic E-state index is 0.117. The van der Waals surface area contributed by atoms with Crippen molar-refractivity contribution in [1.82, 2.24) is 14.7 Å². The number of ether oxygens (including phenoxy) is 2. The number of methoxy groups -OCH3 is 2. The normalized spacial score (nSPS) is 11.6. The quantitative estimate of drug-likeness (QED) is 0.465. The summed E-state index contributed by atoms with van der Waals surface area (Å²) < 4.78 is 11.6. The van der Waals surface area contributed by atoms with Crippen LogP contribution in [-0.2, 0) is 14.3 Å². The highest BCUT2D eigenvalue weighted by Gasteiger charge is 2.22. The molecular formula is C21H22N4O6. The van der Waals surface area contributed by atoms with Gasteiger partial charge in [0.25, 0.3) is 5.91 Å². The molecule has 0 aliphatic rings. The van der Waals surface area contributed by atoms with Gasteiger partial charge in [-0.15, -0.1) is 0 Å². The molecule has 10 nitrogen and oxygen atoms in total. The standard InChI is InChI=1S/C21H22N4O6/c1-12(21(28)29)23-20(27)15-8-5-9-25-18(15)24-17(19(25)22-11-16(26)31-3)13-6-4-7-14(10-13)30-2/h4-10,12,22H,11H2,1-3H3,(H,23,27)(H,28,29). The van der Waals surface area contributed by atoms with E-state index in [1.807, 2.05) is 6.07 Å². The monoisotopic (exact) mass is 426 g/mol. The number of aromatic nitrogens is 2. The molecule has 2 heterocycles. The Hall–Kier alpha value is -4.08. The third-order valence-corrected chi connectivity index (χ3v) is 4.58. The lowest BCUT2D eigenvalue weighted by Crippen LogP contribution is -2.38. The van der Waals surface area contributed by atoms with Gasteiger partial charge in [-0.05, 0) is 31.2 Å². The second-order valence-corrected chi connectivity index (χ2v) is 6.62. The predicted octanol–water partition coefficient (Wildman–Crippen LogP) is 1.80. The lowest BCUT2D eigenvalue weighted by atomic mass is 10.1. The minimum Gasteiger partial charge on any atom is -0.497 e. The highest BCUT2D eigenvalue weighted by Crippen LogP contribution is 2.32. The molecule has 1 unspecified atom stereocenters. The molecule has 3 N–H and O–H groups in total. The number of carboxylic acid groups (broad SMARTS) is 1. The van der Waals surface area contributed by atoms with Gasteiger partial charge >= 0.3 is 11.9 Å². The van der Waals surface area contributed by atoms with Gasteiger partial charge in [-0.25, -0.2) is 4.98 Å². The maximum absolute atomic E-state index is 12.7. The summed E-state index contributed by atoms with van der Waals surface area (Å²) in [5.74, 6) is -1.13. The number of hydrogen-bond donors (Lipinski definition) is 3. The molecule has 162 valence electrons. The Kier molecular flexibility index (Phi) is 6.39. The highest BCUT2D eigenvalue weighted by molar-refractivity contribution is 6.02. The summed E-state index contributed by atoms with van der Waals surface area (Å²) in [5.41, 5.74) is 1.66. The molecule has 0 radical (unpaired) electrons. The summed E-state index contributed by atoms with van der Waals surface area (Å²) in [6.45, 7) is 1.25. The van der Waals surface area contributed by atoms with Crippen LogP contribution >= 0.6 is 0 Å². The van der Waals surface area contributed by atoms with Crippen LogP contribution < -0.4 is 15.4 Å². The fourth-order valence-corrected chi connectivity index (χ4v) is 2.95. The average molecular weight is 426 g/mol. The maximum atomic E-state index is 12.7. The number of hydrogen-bond acceptors (Lipinski definition) is 7. The van der Waals surface area contributed by atoms with Gasteiger partial charge in [0, 0.05) is 11.8 Å². The zero-order chi connectivity index (χ0) is 22.5. The van der Waals surface area contributed by atoms with E-state index in [9.17, 15) is 14.4 Å². The zero-order valence-corrected chi connectivity index (χ0v) is 17.2. The second kappa shape index (κ2) is 9.16. The molecule has 0 fully saturated rings. The number of carboxylic acids is 1. The molecule has 2 aromatic heterocycles. The van der Waals surface area contributed by atoms with E-state index in [4.69, 9.17) is 14.6 Å². The number of imidazole rings is 1. The van der Waals surface area contributed by atoms with Crippen molar-refractivity contribution in [2.45, 2.75) is 13.0 Å². The first-order valence-electron chi connectivity index (χ1n) is 9.35. The van der Waals surface area contributed by atoms with Gasteiger partial charge in [-0.2, -0.15) is 0 Å². The summed E-state index contributed by atoms with van der Waals surface area (Å²) in [5, 5.41) is 14.5. The summed E-state index contributed by atoms with van der Waals surface area (Å²) in [6, 6.07) is 9.28. The Morgan fingerprint density at radius 2 is 1.97 bits per heavy atom. The van der Waals surface area contributed by atoms with Crippen LogP contribution in [0.3, 0.4) is 0 Å². The molecule has 0 aliphatic carbocycles. The van der Waals surface area contributed by atoms with E-state index in [-0.39, 0.29) is 12.1 Å². The maximum Gasteiger partial charge on any atom is 0.325 e. The van der Waals surface area contributed by atoms with Gasteiger partial charge in [0.1, 0.15) is 29.8 Å². The van der Waals surface area contributed by atoms with Crippen LogP contribution in [-0.4, -0.2) is 59.1 Å². The van der Waals surface area contributed by atoms with E-state index in [0.29, 0.717) is 28.5 Å². The number of carbonyl (C=O) groups is 3. The number of pyridine rings is 1. The van der Waals surface area contributed by atoms with E-state index in [1.54, 1.807) is 48.0 Å². The van der Waals surface area contributed by atoms with Gasteiger partial charge in [0.2, 0.25) is 0 Å². The third kappa shape index (κ3) is 4.58. The summed E-state index contributed by atoms with van der Waals surface area (Å²) in [4.78, 5) is 40.1. The SMILES string of the molecule is COC(=O)CNc1c(-c2cccc(OC)c2)nc2c(C(=O)NC(C)C(=O)O)cccn12. The first-order valence-corrected chi connectivity index (χ1v) is 9.35. The van der Waals surface area contributed by atoms with Crippen molar-refractivity contribution in [3.63, 3.8) is 0 Å². The second-order valence-electron chi connectivity index (χ2n) is 6.62. The van der Waals surface area contributed by atoms with Crippen molar-refractivity contribution in [2.24, 2.45) is 0 Å². The number of nitrogens with one attached hydrogen (secondary N) is 2. The topological polar surface area (TPSA) is 131 Å². The largest absolute Gasteiger partial charge is 0.497 e. The summed E-state index contributed by atoms with van der Waals surface area (Å²) >= 11 is 0. The Morgan fingerprint density at radius 3 is 2.65 bits per heavy atom. The molecule has 1 amide bonds. The van der Waals surface area contributed by atoms with Crippen LogP contribution in [0.15, 0.2) is 42.6 Å². The van der Waals surface area contributed by atoms with Crippen molar-refractivity contribution in [3.05, 3.63) is 48.2 Å². The van der Waals surface area contributed by atoms with Crippen LogP contribution in [0.1, 0.15) is 17.3 Å². The molecule has 0 aliphatic heterocycles. The third-order valence-electron chi connectivity index (χ3n) is 4.58. The van der Waals surface area contributed by atoms with E-state index in [1.165, 1.54) is 14.0 Å².